The predicted octanol–water partition coefficient (Wildman–Crippen LogP) is -0.814. The third kappa shape index (κ3) is 6.79. The SMILES string of the molecule is CC(=O)N(C(C)=O)C(C)C(=O)OCCOCCOC(=O)C(C)N1C(=O)C=CC1=O. The van der Waals surface area contributed by atoms with E-state index in [0.717, 1.165) is 22.0 Å². The molecule has 4 amide bonds. The van der Waals surface area contributed by atoms with Crippen molar-refractivity contribution in [1.82, 2.24) is 9.80 Å². The van der Waals surface area contributed by atoms with Crippen molar-refractivity contribution in [3.63, 3.8) is 0 Å². The zero-order valence-corrected chi connectivity index (χ0v) is 16.7. The van der Waals surface area contributed by atoms with Crippen LogP contribution in [0.3, 0.4) is 0 Å². The normalized spacial score (nSPS) is 15.1. The summed E-state index contributed by atoms with van der Waals surface area (Å²) in [6, 6.07) is -2.11. The fraction of sp³-hybridized carbons (Fsp3) is 0.556. The Kier molecular flexibility index (Phi) is 9.13. The monoisotopic (exact) mass is 412 g/mol. The second kappa shape index (κ2) is 11.1. The van der Waals surface area contributed by atoms with Gasteiger partial charge in [-0.1, -0.05) is 0 Å². The van der Waals surface area contributed by atoms with Gasteiger partial charge in [0.05, 0.1) is 13.2 Å². The van der Waals surface area contributed by atoms with Crippen molar-refractivity contribution in [2.24, 2.45) is 0 Å². The summed E-state index contributed by atoms with van der Waals surface area (Å²) in [5, 5.41) is 0. The maximum Gasteiger partial charge on any atom is 0.329 e. The van der Waals surface area contributed by atoms with Crippen LogP contribution in [0.5, 0.6) is 0 Å². The number of rotatable bonds is 10. The van der Waals surface area contributed by atoms with E-state index < -0.39 is 47.7 Å². The molecule has 0 aromatic rings. The van der Waals surface area contributed by atoms with Crippen molar-refractivity contribution in [3.05, 3.63) is 12.2 Å². The van der Waals surface area contributed by atoms with Gasteiger partial charge in [-0.25, -0.2) is 9.59 Å². The van der Waals surface area contributed by atoms with E-state index in [0.29, 0.717) is 0 Å². The molecule has 0 saturated carbocycles. The van der Waals surface area contributed by atoms with Crippen LogP contribution in [0.2, 0.25) is 0 Å². The molecule has 1 heterocycles. The van der Waals surface area contributed by atoms with Crippen LogP contribution in [0.15, 0.2) is 12.2 Å². The van der Waals surface area contributed by atoms with Crippen LogP contribution in [-0.4, -0.2) is 83.9 Å². The van der Waals surface area contributed by atoms with Gasteiger partial charge in [-0.2, -0.15) is 0 Å². The largest absolute Gasteiger partial charge is 0.462 e. The quantitative estimate of drug-likeness (QED) is 0.256. The van der Waals surface area contributed by atoms with Gasteiger partial charge >= 0.3 is 11.9 Å². The summed E-state index contributed by atoms with van der Waals surface area (Å²) < 4.78 is 15.0. The molecule has 0 spiro atoms. The molecule has 1 aliphatic heterocycles. The summed E-state index contributed by atoms with van der Waals surface area (Å²) in [6.45, 7) is 4.83. The average Bonchev–Trinajstić information content (AvgIpc) is 2.97. The van der Waals surface area contributed by atoms with Crippen molar-refractivity contribution in [2.45, 2.75) is 39.8 Å². The van der Waals surface area contributed by atoms with Gasteiger partial charge in [0, 0.05) is 26.0 Å². The first kappa shape index (κ1) is 24.0. The smallest absolute Gasteiger partial charge is 0.329 e. The first-order chi connectivity index (χ1) is 13.6. The van der Waals surface area contributed by atoms with E-state index in [1.165, 1.54) is 27.7 Å². The zero-order chi connectivity index (χ0) is 22.1. The molecule has 2 unspecified atom stereocenters. The minimum atomic E-state index is -1.06. The highest BCUT2D eigenvalue weighted by Gasteiger charge is 2.33. The Bertz CT molecular complexity index is 660. The van der Waals surface area contributed by atoms with E-state index in [9.17, 15) is 28.8 Å². The lowest BCUT2D eigenvalue weighted by atomic mass is 10.3. The van der Waals surface area contributed by atoms with Crippen LogP contribution in [0, 0.1) is 0 Å². The van der Waals surface area contributed by atoms with Crippen LogP contribution in [-0.2, 0) is 43.0 Å². The molecule has 0 aromatic carbocycles. The van der Waals surface area contributed by atoms with Crippen molar-refractivity contribution in [3.8, 4) is 0 Å². The first-order valence-electron chi connectivity index (χ1n) is 8.84. The minimum Gasteiger partial charge on any atom is -0.462 e. The van der Waals surface area contributed by atoms with Crippen molar-refractivity contribution in [1.29, 1.82) is 0 Å². The molecule has 0 fully saturated rings. The average molecular weight is 412 g/mol. The second-order valence-corrected chi connectivity index (χ2v) is 6.09. The topological polar surface area (TPSA) is 137 Å². The highest BCUT2D eigenvalue weighted by atomic mass is 16.6. The van der Waals surface area contributed by atoms with Gasteiger partial charge in [-0.05, 0) is 13.8 Å². The van der Waals surface area contributed by atoms with Crippen molar-refractivity contribution < 1.29 is 43.0 Å². The van der Waals surface area contributed by atoms with E-state index >= 15 is 0 Å². The Morgan fingerprint density at radius 2 is 1.31 bits per heavy atom. The highest BCUT2D eigenvalue weighted by Crippen LogP contribution is 2.10. The lowest BCUT2D eigenvalue weighted by Crippen LogP contribution is -2.45. The molecule has 11 heteroatoms. The second-order valence-electron chi connectivity index (χ2n) is 6.09. The predicted molar refractivity (Wildman–Crippen MR) is 95.9 cm³/mol. The third-order valence-electron chi connectivity index (χ3n) is 3.92. The van der Waals surface area contributed by atoms with Crippen LogP contribution < -0.4 is 0 Å². The maximum atomic E-state index is 11.9. The maximum absolute atomic E-state index is 11.9. The molecule has 1 rings (SSSR count). The summed E-state index contributed by atoms with van der Waals surface area (Å²) in [5.41, 5.74) is 0. The molecule has 29 heavy (non-hydrogen) atoms. The number of ether oxygens (including phenoxy) is 3. The molecule has 2 atom stereocenters. The summed E-state index contributed by atoms with van der Waals surface area (Å²) >= 11 is 0. The number of esters is 2. The molecule has 0 aliphatic carbocycles. The fourth-order valence-electron chi connectivity index (χ4n) is 2.52. The molecule has 1 aliphatic rings. The standard InChI is InChI=1S/C18H24N2O9/c1-11(19(13(3)21)14(4)22)17(25)28-9-7-27-8-10-29-18(26)12(2)20-15(23)5-6-16(20)24/h5-6,11-12H,7-10H2,1-4H3. The van der Waals surface area contributed by atoms with Crippen LogP contribution in [0.4, 0.5) is 0 Å². The highest BCUT2D eigenvalue weighted by molar-refractivity contribution is 6.14. The van der Waals surface area contributed by atoms with E-state index in [1.54, 1.807) is 0 Å². The van der Waals surface area contributed by atoms with Gasteiger partial charge in [-0.3, -0.25) is 29.0 Å². The number of amides is 4. The van der Waals surface area contributed by atoms with Gasteiger partial charge in [0.2, 0.25) is 11.8 Å². The zero-order valence-electron chi connectivity index (χ0n) is 16.7. The Balaban J connectivity index is 2.22. The van der Waals surface area contributed by atoms with Crippen molar-refractivity contribution >= 4 is 35.6 Å². The number of carbonyl (C=O) groups excluding carboxylic acids is 6. The molecular formula is C18H24N2O9. The minimum absolute atomic E-state index is 0.00127. The molecule has 0 radical (unpaired) electrons. The Hall–Kier alpha value is -3.08. The van der Waals surface area contributed by atoms with Gasteiger partial charge in [0.15, 0.2) is 0 Å². The number of hydrogen-bond acceptors (Lipinski definition) is 9. The van der Waals surface area contributed by atoms with Gasteiger partial charge in [0.25, 0.3) is 11.8 Å². The summed E-state index contributed by atoms with van der Waals surface area (Å²) in [4.78, 5) is 71.1. The summed E-state index contributed by atoms with van der Waals surface area (Å²) in [6.07, 6.45) is 2.15. The van der Waals surface area contributed by atoms with E-state index in [2.05, 4.69) is 0 Å². The number of hydrogen-bond donors (Lipinski definition) is 0. The third-order valence-corrected chi connectivity index (χ3v) is 3.92. The van der Waals surface area contributed by atoms with Crippen LogP contribution in [0.25, 0.3) is 0 Å². The molecular weight excluding hydrogens is 388 g/mol. The Labute approximate surface area is 167 Å². The van der Waals surface area contributed by atoms with Crippen molar-refractivity contribution in [2.75, 3.05) is 26.4 Å². The van der Waals surface area contributed by atoms with Gasteiger partial charge in [-0.15, -0.1) is 0 Å². The fourth-order valence-corrected chi connectivity index (χ4v) is 2.52. The number of nitrogens with zero attached hydrogens (tertiary/aromatic N) is 2. The molecule has 0 aromatic heterocycles. The molecule has 0 N–H and O–H groups in total. The van der Waals surface area contributed by atoms with Crippen LogP contribution in [0.1, 0.15) is 27.7 Å². The number of carbonyl (C=O) groups is 6. The molecule has 11 nitrogen and oxygen atoms in total. The summed E-state index contributed by atoms with van der Waals surface area (Å²) in [7, 11) is 0. The summed E-state index contributed by atoms with van der Waals surface area (Å²) in [5.74, 6) is -3.81. The lowest BCUT2D eigenvalue weighted by Gasteiger charge is -2.23. The molecule has 0 saturated heterocycles. The molecule has 160 valence electrons. The van der Waals surface area contributed by atoms with Gasteiger partial charge < -0.3 is 14.2 Å². The Morgan fingerprint density at radius 3 is 1.76 bits per heavy atom. The lowest BCUT2D eigenvalue weighted by molar-refractivity contribution is -0.160. The van der Waals surface area contributed by atoms with E-state index in [-0.39, 0.29) is 26.4 Å². The van der Waals surface area contributed by atoms with Crippen LogP contribution >= 0.6 is 0 Å². The van der Waals surface area contributed by atoms with E-state index in [1.807, 2.05) is 0 Å². The molecule has 0 bridgehead atoms. The van der Waals surface area contributed by atoms with Gasteiger partial charge in [0.1, 0.15) is 25.3 Å². The Morgan fingerprint density at radius 1 is 0.862 bits per heavy atom. The van der Waals surface area contributed by atoms with E-state index in [4.69, 9.17) is 14.2 Å². The number of imide groups is 2. The first-order valence-corrected chi connectivity index (χ1v) is 8.84.